The number of hydrogen-bond donors (Lipinski definition) is 1. The van der Waals surface area contributed by atoms with E-state index in [1.807, 2.05) is 18.2 Å². The van der Waals surface area contributed by atoms with Crippen molar-refractivity contribution in [2.75, 3.05) is 30.8 Å². The number of benzene rings is 1. The average molecular weight is 378 g/mol. The van der Waals surface area contributed by atoms with Gasteiger partial charge in [-0.05, 0) is 23.0 Å². The van der Waals surface area contributed by atoms with Crippen molar-refractivity contribution in [3.8, 4) is 0 Å². The molecule has 0 atom stereocenters. The van der Waals surface area contributed by atoms with Gasteiger partial charge in [-0.2, -0.15) is 0 Å². The van der Waals surface area contributed by atoms with E-state index in [0.29, 0.717) is 12.3 Å². The Kier molecular flexibility index (Phi) is 7.08. The van der Waals surface area contributed by atoms with Crippen molar-refractivity contribution in [1.29, 1.82) is 0 Å². The monoisotopic (exact) mass is 378 g/mol. The quantitative estimate of drug-likeness (QED) is 0.734. The highest BCUT2D eigenvalue weighted by molar-refractivity contribution is 8.13. The summed E-state index contributed by atoms with van der Waals surface area (Å²) in [6.07, 6.45) is 0. The summed E-state index contributed by atoms with van der Waals surface area (Å²) in [6, 6.07) is 5.98. The molecule has 0 unspecified atom stereocenters. The number of hydrogen-bond acceptors (Lipinski definition) is 5. The predicted molar refractivity (Wildman–Crippen MR) is 104 cm³/mol. The lowest BCUT2D eigenvalue weighted by Gasteiger charge is -2.20. The average Bonchev–Trinajstić information content (AvgIpc) is 2.97. The van der Waals surface area contributed by atoms with Gasteiger partial charge in [0.05, 0.1) is 0 Å². The van der Waals surface area contributed by atoms with Crippen LogP contribution in [0.4, 0.5) is 10.5 Å². The summed E-state index contributed by atoms with van der Waals surface area (Å²) in [5.41, 5.74) is 2.90. The van der Waals surface area contributed by atoms with Gasteiger partial charge in [0.15, 0.2) is 6.61 Å². The molecule has 1 aliphatic rings. The second-order valence-corrected chi connectivity index (χ2v) is 7.91. The lowest BCUT2D eigenvalue weighted by molar-refractivity contribution is -0.147. The summed E-state index contributed by atoms with van der Waals surface area (Å²) in [4.78, 5) is 37.1. The molecule has 2 amide bonds. The molecule has 1 heterocycles. The van der Waals surface area contributed by atoms with Crippen LogP contribution in [0.5, 0.6) is 0 Å². The van der Waals surface area contributed by atoms with Crippen molar-refractivity contribution in [2.24, 2.45) is 0 Å². The Balaban J connectivity index is 1.97. The van der Waals surface area contributed by atoms with Crippen LogP contribution in [0, 0.1) is 0 Å². The Hall–Kier alpha value is -2.02. The number of thioether (sulfide) groups is 1. The van der Waals surface area contributed by atoms with E-state index in [0.717, 1.165) is 16.8 Å². The Morgan fingerprint density at radius 2 is 1.81 bits per heavy atom. The molecule has 1 aromatic carbocycles. The van der Waals surface area contributed by atoms with Gasteiger partial charge >= 0.3 is 5.97 Å². The van der Waals surface area contributed by atoms with Gasteiger partial charge in [-0.1, -0.05) is 57.7 Å². The molecule has 1 aromatic rings. The molecule has 0 spiro atoms. The number of esters is 1. The minimum Gasteiger partial charge on any atom is -0.454 e. The first kappa shape index (κ1) is 20.3. The van der Waals surface area contributed by atoms with E-state index in [2.05, 4.69) is 33.0 Å². The first-order chi connectivity index (χ1) is 12.3. The van der Waals surface area contributed by atoms with Crippen LogP contribution in [0.15, 0.2) is 18.2 Å². The van der Waals surface area contributed by atoms with Gasteiger partial charge in [-0.25, -0.2) is 0 Å². The Bertz CT molecular complexity index is 662. The van der Waals surface area contributed by atoms with Gasteiger partial charge in [0.2, 0.25) is 0 Å². The number of amides is 2. The molecule has 2 rings (SSSR count). The maximum atomic E-state index is 12.3. The van der Waals surface area contributed by atoms with Gasteiger partial charge in [0.1, 0.15) is 6.54 Å². The Morgan fingerprint density at radius 1 is 1.19 bits per heavy atom. The molecule has 1 fully saturated rings. The lowest BCUT2D eigenvalue weighted by atomic mass is 9.92. The zero-order chi connectivity index (χ0) is 19.3. The minimum atomic E-state index is -0.572. The van der Waals surface area contributed by atoms with Crippen molar-refractivity contribution in [3.05, 3.63) is 29.3 Å². The molecule has 0 bridgehead atoms. The van der Waals surface area contributed by atoms with Gasteiger partial charge in [0.25, 0.3) is 11.1 Å². The van der Waals surface area contributed by atoms with Crippen molar-refractivity contribution in [2.45, 2.75) is 39.5 Å². The maximum absolute atomic E-state index is 12.3. The number of carbonyl (C=O) groups is 3. The van der Waals surface area contributed by atoms with Crippen LogP contribution in [-0.2, 0) is 14.3 Å². The molecular formula is C19H26N2O4S. The molecule has 1 saturated heterocycles. The topological polar surface area (TPSA) is 75.7 Å². The largest absolute Gasteiger partial charge is 0.454 e. The van der Waals surface area contributed by atoms with Crippen molar-refractivity contribution in [3.63, 3.8) is 0 Å². The molecule has 1 aliphatic heterocycles. The first-order valence-corrected chi connectivity index (χ1v) is 9.78. The minimum absolute atomic E-state index is 0.112. The van der Waals surface area contributed by atoms with Crippen molar-refractivity contribution in [1.82, 2.24) is 4.90 Å². The second kappa shape index (κ2) is 9.07. The zero-order valence-corrected chi connectivity index (χ0v) is 16.5. The van der Waals surface area contributed by atoms with Gasteiger partial charge < -0.3 is 15.0 Å². The zero-order valence-electron chi connectivity index (χ0n) is 15.7. The SMILES string of the molecule is CC(C)c1cccc(C(C)C)c1NC(=O)COC(=O)CN1CCSC1=O. The Labute approximate surface area is 158 Å². The molecule has 7 heteroatoms. The molecular weight excluding hydrogens is 352 g/mol. The van der Waals surface area contributed by atoms with E-state index in [4.69, 9.17) is 4.74 Å². The second-order valence-electron chi connectivity index (χ2n) is 6.87. The molecule has 6 nitrogen and oxygen atoms in total. The summed E-state index contributed by atoms with van der Waals surface area (Å²) in [7, 11) is 0. The molecule has 0 aliphatic carbocycles. The summed E-state index contributed by atoms with van der Waals surface area (Å²) in [5.74, 6) is 0.236. The highest BCUT2D eigenvalue weighted by atomic mass is 32.2. The first-order valence-electron chi connectivity index (χ1n) is 8.79. The fourth-order valence-corrected chi connectivity index (χ4v) is 3.61. The molecule has 0 aromatic heterocycles. The number of carbonyl (C=O) groups excluding carboxylic acids is 3. The van der Waals surface area contributed by atoms with Crippen LogP contribution < -0.4 is 5.32 Å². The Morgan fingerprint density at radius 3 is 2.31 bits per heavy atom. The van der Waals surface area contributed by atoms with E-state index in [1.54, 1.807) is 0 Å². The van der Waals surface area contributed by atoms with Gasteiger partial charge in [-0.3, -0.25) is 14.4 Å². The van der Waals surface area contributed by atoms with Crippen LogP contribution in [0.3, 0.4) is 0 Å². The van der Waals surface area contributed by atoms with Crippen LogP contribution in [0.25, 0.3) is 0 Å². The van der Waals surface area contributed by atoms with Crippen LogP contribution in [0.2, 0.25) is 0 Å². The van der Waals surface area contributed by atoms with E-state index in [1.165, 1.54) is 16.7 Å². The van der Waals surface area contributed by atoms with Crippen LogP contribution in [0.1, 0.15) is 50.7 Å². The normalized spacial score (nSPS) is 14.2. The van der Waals surface area contributed by atoms with Crippen molar-refractivity contribution >= 4 is 34.6 Å². The van der Waals surface area contributed by atoms with Crippen LogP contribution in [-0.4, -0.2) is 47.5 Å². The smallest absolute Gasteiger partial charge is 0.326 e. The van der Waals surface area contributed by atoms with E-state index < -0.39 is 5.97 Å². The number of anilines is 1. The number of ether oxygens (including phenoxy) is 1. The molecule has 0 radical (unpaired) electrons. The molecule has 0 saturated carbocycles. The number of rotatable bonds is 7. The van der Waals surface area contributed by atoms with Crippen LogP contribution >= 0.6 is 11.8 Å². The molecule has 142 valence electrons. The predicted octanol–water partition coefficient (Wildman–Crippen LogP) is 3.58. The highest BCUT2D eigenvalue weighted by Gasteiger charge is 2.24. The third-order valence-corrected chi connectivity index (χ3v) is 5.06. The third-order valence-electron chi connectivity index (χ3n) is 4.17. The molecule has 26 heavy (non-hydrogen) atoms. The standard InChI is InChI=1S/C19H26N2O4S/c1-12(2)14-6-5-7-15(13(3)4)18(14)20-16(22)11-25-17(23)10-21-8-9-26-19(21)24/h5-7,12-13H,8-11H2,1-4H3,(H,20,22). The van der Waals surface area contributed by atoms with Crippen molar-refractivity contribution < 1.29 is 19.1 Å². The number of para-hydroxylation sites is 1. The highest BCUT2D eigenvalue weighted by Crippen LogP contribution is 2.32. The molecule has 1 N–H and O–H groups in total. The summed E-state index contributed by atoms with van der Waals surface area (Å²) in [6.45, 7) is 8.34. The number of nitrogens with zero attached hydrogens (tertiary/aromatic N) is 1. The van der Waals surface area contributed by atoms with Gasteiger partial charge in [0, 0.05) is 18.0 Å². The fourth-order valence-electron chi connectivity index (χ4n) is 2.79. The van der Waals surface area contributed by atoms with E-state index in [-0.39, 0.29) is 36.1 Å². The van der Waals surface area contributed by atoms with E-state index >= 15 is 0 Å². The summed E-state index contributed by atoms with van der Waals surface area (Å²) >= 11 is 1.18. The van der Waals surface area contributed by atoms with E-state index in [9.17, 15) is 14.4 Å². The third kappa shape index (κ3) is 5.24. The summed E-state index contributed by atoms with van der Waals surface area (Å²) in [5, 5.41) is 2.77. The summed E-state index contributed by atoms with van der Waals surface area (Å²) < 4.78 is 5.03. The lowest BCUT2D eigenvalue weighted by Crippen LogP contribution is -2.32. The fraction of sp³-hybridized carbons (Fsp3) is 0.526. The number of nitrogens with one attached hydrogen (secondary N) is 1. The van der Waals surface area contributed by atoms with Gasteiger partial charge in [-0.15, -0.1) is 0 Å². The maximum Gasteiger partial charge on any atom is 0.326 e.